The summed E-state index contributed by atoms with van der Waals surface area (Å²) in [6.07, 6.45) is 1.68. The van der Waals surface area contributed by atoms with Gasteiger partial charge in [-0.1, -0.05) is 49.9 Å². The van der Waals surface area contributed by atoms with E-state index in [0.29, 0.717) is 0 Å². The predicted molar refractivity (Wildman–Crippen MR) is 82.7 cm³/mol. The Labute approximate surface area is 134 Å². The fourth-order valence-corrected chi connectivity index (χ4v) is 3.85. The fraction of sp³-hybridized carbons (Fsp3) is 0.462. The zero-order chi connectivity index (χ0) is 16.2. The molecular formula is C13H17Cl2NO4S. The van der Waals surface area contributed by atoms with Gasteiger partial charge in [-0.25, -0.2) is 17.9 Å². The summed E-state index contributed by atoms with van der Waals surface area (Å²) in [7, 11) is -3.88. The maximum absolute atomic E-state index is 12.2. The SMILES string of the molecule is CCC(CC)CNS(=O)(=O)c1ccc(Cl)c(C(=O)O)c1Cl. The molecule has 1 rings (SSSR count). The molecule has 0 aromatic heterocycles. The average molecular weight is 354 g/mol. The van der Waals surface area contributed by atoms with Crippen LogP contribution in [0.25, 0.3) is 0 Å². The molecule has 0 spiro atoms. The van der Waals surface area contributed by atoms with Crippen LogP contribution < -0.4 is 4.72 Å². The Bertz CT molecular complexity index is 627. The van der Waals surface area contributed by atoms with Crippen molar-refractivity contribution in [2.75, 3.05) is 6.54 Å². The third kappa shape index (κ3) is 4.32. The first-order chi connectivity index (χ1) is 9.74. The Morgan fingerprint density at radius 2 is 1.86 bits per heavy atom. The number of halogens is 2. The summed E-state index contributed by atoms with van der Waals surface area (Å²) in [6, 6.07) is 2.41. The number of aromatic carboxylic acids is 1. The second-order valence-electron chi connectivity index (χ2n) is 4.57. The topological polar surface area (TPSA) is 83.5 Å². The summed E-state index contributed by atoms with van der Waals surface area (Å²) in [6.45, 7) is 4.22. The lowest BCUT2D eigenvalue weighted by Gasteiger charge is -2.15. The molecule has 0 unspecified atom stereocenters. The lowest BCUT2D eigenvalue weighted by atomic mass is 10.0. The molecule has 0 aliphatic rings. The van der Waals surface area contributed by atoms with Crippen LogP contribution in [0.2, 0.25) is 10.0 Å². The van der Waals surface area contributed by atoms with E-state index >= 15 is 0 Å². The summed E-state index contributed by atoms with van der Waals surface area (Å²) in [4.78, 5) is 10.8. The lowest BCUT2D eigenvalue weighted by molar-refractivity contribution is 0.0697. The first-order valence-electron chi connectivity index (χ1n) is 6.45. The maximum Gasteiger partial charge on any atom is 0.338 e. The van der Waals surface area contributed by atoms with Crippen LogP contribution in [0, 0.1) is 5.92 Å². The van der Waals surface area contributed by atoms with Crippen molar-refractivity contribution in [1.82, 2.24) is 4.72 Å². The highest BCUT2D eigenvalue weighted by Crippen LogP contribution is 2.31. The normalized spacial score (nSPS) is 11.9. The van der Waals surface area contributed by atoms with Crippen LogP contribution in [0.15, 0.2) is 17.0 Å². The van der Waals surface area contributed by atoms with Crippen molar-refractivity contribution in [3.63, 3.8) is 0 Å². The smallest absolute Gasteiger partial charge is 0.338 e. The summed E-state index contributed by atoms with van der Waals surface area (Å²) in [5.74, 6) is -1.16. The number of hydrogen-bond donors (Lipinski definition) is 2. The molecule has 0 saturated heterocycles. The van der Waals surface area contributed by atoms with Gasteiger partial charge >= 0.3 is 5.97 Å². The van der Waals surface area contributed by atoms with Gasteiger partial charge in [0, 0.05) is 6.54 Å². The molecule has 0 saturated carbocycles. The molecule has 8 heteroatoms. The standard InChI is InChI=1S/C13H17Cl2NO4S/c1-3-8(4-2)7-16-21(19,20)10-6-5-9(14)11(12(10)15)13(17)18/h5-6,8,16H,3-4,7H2,1-2H3,(H,17,18). The van der Waals surface area contributed by atoms with E-state index in [1.54, 1.807) is 0 Å². The van der Waals surface area contributed by atoms with E-state index in [0.717, 1.165) is 12.8 Å². The summed E-state index contributed by atoms with van der Waals surface area (Å²) >= 11 is 11.6. The third-order valence-electron chi connectivity index (χ3n) is 3.28. The van der Waals surface area contributed by atoms with Gasteiger partial charge in [-0.05, 0) is 18.1 Å². The van der Waals surface area contributed by atoms with Crippen LogP contribution in [0.1, 0.15) is 37.0 Å². The molecule has 0 heterocycles. The minimum atomic E-state index is -3.88. The Morgan fingerprint density at radius 1 is 1.29 bits per heavy atom. The molecule has 2 N–H and O–H groups in total. The molecule has 0 amide bonds. The maximum atomic E-state index is 12.2. The van der Waals surface area contributed by atoms with Gasteiger partial charge in [-0.15, -0.1) is 0 Å². The predicted octanol–water partition coefficient (Wildman–Crippen LogP) is 3.41. The van der Waals surface area contributed by atoms with Crippen molar-refractivity contribution >= 4 is 39.2 Å². The Hall–Kier alpha value is -0.820. The first-order valence-corrected chi connectivity index (χ1v) is 8.69. The third-order valence-corrected chi connectivity index (χ3v) is 5.56. The molecular weight excluding hydrogens is 337 g/mol. The quantitative estimate of drug-likeness (QED) is 0.786. The second kappa shape index (κ2) is 7.45. The van der Waals surface area contributed by atoms with E-state index in [2.05, 4.69) is 4.72 Å². The molecule has 0 aliphatic carbocycles. The van der Waals surface area contributed by atoms with Gasteiger partial charge in [0.1, 0.15) is 4.90 Å². The van der Waals surface area contributed by atoms with Gasteiger partial charge in [-0.2, -0.15) is 0 Å². The van der Waals surface area contributed by atoms with Crippen molar-refractivity contribution in [2.45, 2.75) is 31.6 Å². The minimum Gasteiger partial charge on any atom is -0.478 e. The Morgan fingerprint density at radius 3 is 2.33 bits per heavy atom. The van der Waals surface area contributed by atoms with Crippen molar-refractivity contribution < 1.29 is 18.3 Å². The van der Waals surface area contributed by atoms with Crippen LogP contribution in [0.3, 0.4) is 0 Å². The number of hydrogen-bond acceptors (Lipinski definition) is 3. The molecule has 21 heavy (non-hydrogen) atoms. The molecule has 1 aromatic rings. The number of rotatable bonds is 7. The molecule has 0 radical (unpaired) electrons. The highest BCUT2D eigenvalue weighted by molar-refractivity contribution is 7.89. The average Bonchev–Trinajstić information content (AvgIpc) is 2.39. The fourth-order valence-electron chi connectivity index (χ4n) is 1.82. The number of nitrogens with one attached hydrogen (secondary N) is 1. The van der Waals surface area contributed by atoms with E-state index in [9.17, 15) is 13.2 Å². The van der Waals surface area contributed by atoms with Gasteiger partial charge < -0.3 is 5.11 Å². The van der Waals surface area contributed by atoms with Gasteiger partial charge in [0.15, 0.2) is 0 Å². The lowest BCUT2D eigenvalue weighted by Crippen LogP contribution is -2.29. The van der Waals surface area contributed by atoms with Gasteiger partial charge in [0.05, 0.1) is 15.6 Å². The van der Waals surface area contributed by atoms with Gasteiger partial charge in [0.25, 0.3) is 0 Å². The number of benzene rings is 1. The van der Waals surface area contributed by atoms with Crippen molar-refractivity contribution in [3.05, 3.63) is 27.7 Å². The largest absolute Gasteiger partial charge is 0.478 e. The number of sulfonamides is 1. The molecule has 0 fully saturated rings. The van der Waals surface area contributed by atoms with Crippen LogP contribution in [-0.2, 0) is 10.0 Å². The summed E-state index contributed by atoms with van der Waals surface area (Å²) < 4.78 is 26.9. The highest BCUT2D eigenvalue weighted by atomic mass is 35.5. The molecule has 1 aromatic carbocycles. The Balaban J connectivity index is 3.15. The van der Waals surface area contributed by atoms with E-state index < -0.39 is 21.6 Å². The van der Waals surface area contributed by atoms with Crippen molar-refractivity contribution in [2.24, 2.45) is 5.92 Å². The molecule has 5 nitrogen and oxygen atoms in total. The van der Waals surface area contributed by atoms with Gasteiger partial charge in [0.2, 0.25) is 10.0 Å². The zero-order valence-corrected chi connectivity index (χ0v) is 14.0. The van der Waals surface area contributed by atoms with Crippen LogP contribution in [-0.4, -0.2) is 26.0 Å². The molecule has 118 valence electrons. The zero-order valence-electron chi connectivity index (χ0n) is 11.7. The number of carboxylic acid groups (broad SMARTS) is 1. The molecule has 0 atom stereocenters. The number of carbonyl (C=O) groups is 1. The minimum absolute atomic E-state index is 0.105. The summed E-state index contributed by atoms with van der Waals surface area (Å²) in [5.41, 5.74) is -0.413. The van der Waals surface area contributed by atoms with Gasteiger partial charge in [-0.3, -0.25) is 0 Å². The number of carboxylic acids is 1. The summed E-state index contributed by atoms with van der Waals surface area (Å²) in [5, 5.41) is 8.56. The van der Waals surface area contributed by atoms with Crippen LogP contribution in [0.5, 0.6) is 0 Å². The van der Waals surface area contributed by atoms with E-state index in [4.69, 9.17) is 28.3 Å². The van der Waals surface area contributed by atoms with Crippen molar-refractivity contribution in [1.29, 1.82) is 0 Å². The van der Waals surface area contributed by atoms with Crippen molar-refractivity contribution in [3.8, 4) is 0 Å². The second-order valence-corrected chi connectivity index (χ2v) is 7.09. The van der Waals surface area contributed by atoms with Crippen LogP contribution in [0.4, 0.5) is 0 Å². The monoisotopic (exact) mass is 353 g/mol. The molecule has 0 aliphatic heterocycles. The van der Waals surface area contributed by atoms with E-state index in [1.807, 2.05) is 13.8 Å². The molecule has 0 bridgehead atoms. The first kappa shape index (κ1) is 18.2. The van der Waals surface area contributed by atoms with E-state index in [1.165, 1.54) is 12.1 Å². The Kier molecular flexibility index (Phi) is 6.46. The highest BCUT2D eigenvalue weighted by Gasteiger charge is 2.25. The van der Waals surface area contributed by atoms with E-state index in [-0.39, 0.29) is 27.4 Å². The van der Waals surface area contributed by atoms with Crippen LogP contribution >= 0.6 is 23.2 Å².